The van der Waals surface area contributed by atoms with E-state index in [4.69, 9.17) is 0 Å². The maximum Gasteiger partial charge on any atom is 0.116 e. The van der Waals surface area contributed by atoms with Gasteiger partial charge in [0.05, 0.1) is 11.0 Å². The summed E-state index contributed by atoms with van der Waals surface area (Å²) in [5, 5.41) is 4.50. The molecule has 2 aliphatic heterocycles. The monoisotopic (exact) mass is 241 g/mol. The lowest BCUT2D eigenvalue weighted by molar-refractivity contribution is 1.50. The molecule has 0 aromatic heterocycles. The Morgan fingerprint density at radius 2 is 1.82 bits per heavy atom. The largest absolute Gasteiger partial charge is 0.263 e. The second-order valence-corrected chi connectivity index (χ2v) is 3.88. The predicted octanol–water partition coefficient (Wildman–Crippen LogP) is 1.73. The van der Waals surface area contributed by atoms with Crippen molar-refractivity contribution >= 4 is 47.6 Å². The summed E-state index contributed by atoms with van der Waals surface area (Å²) in [4.78, 5) is 12.7. The fourth-order valence-corrected chi connectivity index (χ4v) is 2.26. The summed E-state index contributed by atoms with van der Waals surface area (Å²) in [5.74, 6) is 0. The SMILES string of the molecule is C1=NC=c2c1ccc1c3c(ccc21)N=CN=3.Cl. The van der Waals surface area contributed by atoms with Gasteiger partial charge < -0.3 is 0 Å². The third-order valence-corrected chi connectivity index (χ3v) is 3.03. The van der Waals surface area contributed by atoms with Crippen LogP contribution in [0.2, 0.25) is 0 Å². The molecule has 4 rings (SSSR count). The molecule has 0 atom stereocenters. The van der Waals surface area contributed by atoms with Crippen LogP contribution in [0.25, 0.3) is 17.0 Å². The van der Waals surface area contributed by atoms with Gasteiger partial charge in [-0.15, -0.1) is 12.4 Å². The Morgan fingerprint density at radius 3 is 2.76 bits per heavy atom. The minimum absolute atomic E-state index is 0. The average Bonchev–Trinajstić information content (AvgIpc) is 2.96. The summed E-state index contributed by atoms with van der Waals surface area (Å²) in [5.41, 5.74) is 2.12. The standard InChI is InChI=1S/C13H7N3.ClH/c1-2-10-9(11-6-14-5-8(1)11)3-4-12-13(10)16-7-15-12;/h1-7H;1H. The number of hydrogen-bond acceptors (Lipinski definition) is 3. The van der Waals surface area contributed by atoms with Gasteiger partial charge in [0.1, 0.15) is 6.34 Å². The van der Waals surface area contributed by atoms with Crippen molar-refractivity contribution in [2.75, 3.05) is 0 Å². The third-order valence-electron chi connectivity index (χ3n) is 3.03. The highest BCUT2D eigenvalue weighted by Crippen LogP contribution is 2.16. The molecule has 2 aromatic carbocycles. The lowest BCUT2D eigenvalue weighted by Gasteiger charge is -2.00. The highest BCUT2D eigenvalue weighted by atomic mass is 35.5. The fraction of sp³-hybridized carbons (Fsp3) is 0. The Balaban J connectivity index is 0.000000902. The van der Waals surface area contributed by atoms with Gasteiger partial charge in [-0.1, -0.05) is 18.2 Å². The molecule has 17 heavy (non-hydrogen) atoms. The average molecular weight is 242 g/mol. The van der Waals surface area contributed by atoms with Crippen molar-refractivity contribution in [2.45, 2.75) is 0 Å². The van der Waals surface area contributed by atoms with Gasteiger partial charge in [-0.25, -0.2) is 9.98 Å². The summed E-state index contributed by atoms with van der Waals surface area (Å²) in [6.07, 6.45) is 5.40. The molecule has 0 bridgehead atoms. The second-order valence-electron chi connectivity index (χ2n) is 3.88. The first-order chi connectivity index (χ1) is 7.93. The molecule has 4 heteroatoms. The third kappa shape index (κ3) is 1.26. The van der Waals surface area contributed by atoms with Crippen LogP contribution >= 0.6 is 12.4 Å². The van der Waals surface area contributed by atoms with Crippen LogP contribution in [0, 0.1) is 0 Å². The molecular formula is C13H8ClN3. The van der Waals surface area contributed by atoms with Crippen molar-refractivity contribution in [1.29, 1.82) is 0 Å². The number of halogens is 1. The highest BCUT2D eigenvalue weighted by Gasteiger charge is 2.08. The van der Waals surface area contributed by atoms with E-state index in [-0.39, 0.29) is 12.4 Å². The zero-order chi connectivity index (χ0) is 10.5. The number of aliphatic imine (C=N–C) groups is 2. The predicted molar refractivity (Wildman–Crippen MR) is 72.2 cm³/mol. The zero-order valence-electron chi connectivity index (χ0n) is 8.79. The van der Waals surface area contributed by atoms with Crippen LogP contribution in [0.4, 0.5) is 5.69 Å². The topological polar surface area (TPSA) is 37.1 Å². The summed E-state index contributed by atoms with van der Waals surface area (Å²) in [7, 11) is 0. The zero-order valence-corrected chi connectivity index (χ0v) is 9.61. The molecule has 82 valence electrons. The van der Waals surface area contributed by atoms with Gasteiger partial charge in [0.15, 0.2) is 0 Å². The van der Waals surface area contributed by atoms with Gasteiger partial charge in [-0.2, -0.15) is 0 Å². The van der Waals surface area contributed by atoms with Gasteiger partial charge in [0.25, 0.3) is 0 Å². The van der Waals surface area contributed by atoms with Gasteiger partial charge in [-0.05, 0) is 11.5 Å². The van der Waals surface area contributed by atoms with Crippen LogP contribution in [0.3, 0.4) is 0 Å². The molecule has 2 aromatic rings. The number of benzene rings is 2. The van der Waals surface area contributed by atoms with Crippen LogP contribution in [-0.4, -0.2) is 12.6 Å². The molecule has 0 fully saturated rings. The minimum atomic E-state index is 0. The molecule has 0 amide bonds. The van der Waals surface area contributed by atoms with E-state index in [0.717, 1.165) is 16.4 Å². The lowest BCUT2D eigenvalue weighted by atomic mass is 10.0. The normalized spacial score (nSPS) is 13.9. The van der Waals surface area contributed by atoms with E-state index >= 15 is 0 Å². The summed E-state index contributed by atoms with van der Waals surface area (Å²) in [6, 6.07) is 8.28. The maximum atomic E-state index is 4.31. The molecule has 0 saturated carbocycles. The fourth-order valence-electron chi connectivity index (χ4n) is 2.26. The molecule has 3 nitrogen and oxygen atoms in total. The van der Waals surface area contributed by atoms with Crippen molar-refractivity contribution in [2.24, 2.45) is 15.0 Å². The van der Waals surface area contributed by atoms with Crippen molar-refractivity contribution in [1.82, 2.24) is 0 Å². The molecule has 0 saturated heterocycles. The molecule has 2 heterocycles. The first-order valence-electron chi connectivity index (χ1n) is 5.13. The second kappa shape index (κ2) is 3.50. The summed E-state index contributed by atoms with van der Waals surface area (Å²) >= 11 is 0. The highest BCUT2D eigenvalue weighted by molar-refractivity contribution is 5.96. The van der Waals surface area contributed by atoms with Crippen molar-refractivity contribution in [3.8, 4) is 0 Å². The van der Waals surface area contributed by atoms with Crippen LogP contribution in [0.5, 0.6) is 0 Å². The van der Waals surface area contributed by atoms with E-state index in [2.05, 4.69) is 33.2 Å². The quantitative estimate of drug-likeness (QED) is 0.674. The Bertz CT molecular complexity index is 734. The lowest BCUT2D eigenvalue weighted by Crippen LogP contribution is -2.11. The number of fused-ring (bicyclic) bond motifs is 5. The van der Waals surface area contributed by atoms with Crippen molar-refractivity contribution in [3.63, 3.8) is 0 Å². The number of rotatable bonds is 0. The molecular weight excluding hydrogens is 234 g/mol. The van der Waals surface area contributed by atoms with Crippen LogP contribution < -0.4 is 10.6 Å². The van der Waals surface area contributed by atoms with E-state index in [1.165, 1.54) is 16.2 Å². The van der Waals surface area contributed by atoms with Crippen LogP contribution in [0.1, 0.15) is 5.56 Å². The summed E-state index contributed by atoms with van der Waals surface area (Å²) < 4.78 is 0. The van der Waals surface area contributed by atoms with E-state index < -0.39 is 0 Å². The summed E-state index contributed by atoms with van der Waals surface area (Å²) in [6.45, 7) is 0. The first-order valence-corrected chi connectivity index (χ1v) is 5.13. The molecule has 0 unspecified atom stereocenters. The van der Waals surface area contributed by atoms with Gasteiger partial charge in [-0.3, -0.25) is 4.99 Å². The maximum absolute atomic E-state index is 4.31. The van der Waals surface area contributed by atoms with Crippen LogP contribution in [-0.2, 0) is 0 Å². The Hall–Kier alpha value is -2.00. The van der Waals surface area contributed by atoms with Gasteiger partial charge in [0, 0.05) is 28.6 Å². The van der Waals surface area contributed by atoms with E-state index in [0.29, 0.717) is 0 Å². The Kier molecular flexibility index (Phi) is 2.09. The van der Waals surface area contributed by atoms with Crippen molar-refractivity contribution < 1.29 is 0 Å². The smallest absolute Gasteiger partial charge is 0.116 e. The molecule has 0 aliphatic carbocycles. The van der Waals surface area contributed by atoms with Gasteiger partial charge in [0.2, 0.25) is 0 Å². The van der Waals surface area contributed by atoms with E-state index in [1.807, 2.05) is 18.5 Å². The molecule has 2 aliphatic rings. The Morgan fingerprint density at radius 1 is 0.941 bits per heavy atom. The van der Waals surface area contributed by atoms with Crippen LogP contribution in [0.15, 0.2) is 39.2 Å². The molecule has 0 spiro atoms. The van der Waals surface area contributed by atoms with E-state index in [1.54, 1.807) is 6.34 Å². The molecule has 0 radical (unpaired) electrons. The Labute approximate surface area is 103 Å². The number of nitrogens with zero attached hydrogens (tertiary/aromatic N) is 3. The first kappa shape index (κ1) is 10.2. The molecule has 0 N–H and O–H groups in total. The number of hydrogen-bond donors (Lipinski definition) is 0. The van der Waals surface area contributed by atoms with Gasteiger partial charge >= 0.3 is 0 Å². The van der Waals surface area contributed by atoms with E-state index in [9.17, 15) is 0 Å². The minimum Gasteiger partial charge on any atom is -0.263 e. The van der Waals surface area contributed by atoms with Crippen molar-refractivity contribution in [3.05, 3.63) is 40.4 Å².